The predicted molar refractivity (Wildman–Crippen MR) is 86.8 cm³/mol. The van der Waals surface area contributed by atoms with Gasteiger partial charge in [-0.1, -0.05) is 36.4 Å². The Kier molecular flexibility index (Phi) is 4.12. The summed E-state index contributed by atoms with van der Waals surface area (Å²) in [4.78, 5) is 14.5. The van der Waals surface area contributed by atoms with E-state index in [1.54, 1.807) is 24.4 Å². The van der Waals surface area contributed by atoms with Crippen LogP contribution >= 0.6 is 0 Å². The molecule has 1 atom stereocenters. The third-order valence-electron chi connectivity index (χ3n) is 3.59. The van der Waals surface area contributed by atoms with Crippen molar-refractivity contribution in [2.45, 2.75) is 6.10 Å². The van der Waals surface area contributed by atoms with Gasteiger partial charge >= 0.3 is 0 Å². The zero-order valence-corrected chi connectivity index (χ0v) is 12.2. The highest BCUT2D eigenvalue weighted by atomic mass is 16.6. The van der Waals surface area contributed by atoms with Crippen molar-refractivity contribution in [3.8, 4) is 11.1 Å². The Bertz CT molecular complexity index is 800. The first-order valence-electron chi connectivity index (χ1n) is 7.09. The Morgan fingerprint density at radius 3 is 2.13 bits per heavy atom. The lowest BCUT2D eigenvalue weighted by molar-refractivity contribution is -0.384. The Balaban J connectivity index is 1.83. The molecule has 0 radical (unpaired) electrons. The maximum Gasteiger partial charge on any atom is 0.269 e. The van der Waals surface area contributed by atoms with Gasteiger partial charge in [0.25, 0.3) is 5.69 Å². The van der Waals surface area contributed by atoms with Gasteiger partial charge < -0.3 is 5.11 Å². The zero-order chi connectivity index (χ0) is 16.2. The van der Waals surface area contributed by atoms with Crippen molar-refractivity contribution in [2.75, 3.05) is 0 Å². The molecule has 1 aromatic heterocycles. The topological polar surface area (TPSA) is 76.3 Å². The van der Waals surface area contributed by atoms with Crippen molar-refractivity contribution in [1.82, 2.24) is 4.98 Å². The number of benzene rings is 2. The van der Waals surface area contributed by atoms with Gasteiger partial charge in [-0.05, 0) is 29.3 Å². The van der Waals surface area contributed by atoms with E-state index in [0.29, 0.717) is 5.69 Å². The molecule has 0 fully saturated rings. The lowest BCUT2D eigenvalue weighted by Crippen LogP contribution is -2.01. The van der Waals surface area contributed by atoms with E-state index in [0.717, 1.165) is 16.7 Å². The van der Waals surface area contributed by atoms with Crippen molar-refractivity contribution in [2.24, 2.45) is 0 Å². The normalized spacial score (nSPS) is 11.9. The number of nitrogens with zero attached hydrogens (tertiary/aromatic N) is 2. The molecule has 5 nitrogen and oxygen atoms in total. The number of nitro benzene ring substituents is 1. The van der Waals surface area contributed by atoms with Crippen LogP contribution in [0, 0.1) is 10.1 Å². The van der Waals surface area contributed by atoms with Gasteiger partial charge in [0.2, 0.25) is 0 Å². The fraction of sp³-hybridized carbons (Fsp3) is 0.0556. The number of non-ortho nitro benzene ring substituents is 1. The molecule has 5 heteroatoms. The maximum absolute atomic E-state index is 10.7. The summed E-state index contributed by atoms with van der Waals surface area (Å²) in [5.74, 6) is 0. The van der Waals surface area contributed by atoms with Gasteiger partial charge in [-0.15, -0.1) is 0 Å². The molecule has 23 heavy (non-hydrogen) atoms. The molecule has 0 amide bonds. The van der Waals surface area contributed by atoms with Gasteiger partial charge in [0.15, 0.2) is 0 Å². The first kappa shape index (κ1) is 14.9. The molecule has 0 aliphatic heterocycles. The third-order valence-corrected chi connectivity index (χ3v) is 3.59. The monoisotopic (exact) mass is 306 g/mol. The number of nitro groups is 1. The van der Waals surface area contributed by atoms with Crippen LogP contribution < -0.4 is 0 Å². The van der Waals surface area contributed by atoms with E-state index >= 15 is 0 Å². The molecule has 1 heterocycles. The lowest BCUT2D eigenvalue weighted by atomic mass is 10.0. The quantitative estimate of drug-likeness (QED) is 0.588. The van der Waals surface area contributed by atoms with E-state index in [2.05, 4.69) is 4.98 Å². The van der Waals surface area contributed by atoms with Gasteiger partial charge in [-0.3, -0.25) is 15.1 Å². The lowest BCUT2D eigenvalue weighted by Gasteiger charge is -2.11. The number of hydrogen-bond donors (Lipinski definition) is 1. The second-order valence-electron chi connectivity index (χ2n) is 5.09. The van der Waals surface area contributed by atoms with Crippen LogP contribution in [-0.4, -0.2) is 15.0 Å². The molecular weight excluding hydrogens is 292 g/mol. The van der Waals surface area contributed by atoms with Crippen LogP contribution in [0.1, 0.15) is 17.4 Å². The summed E-state index contributed by atoms with van der Waals surface area (Å²) in [5.41, 5.74) is 3.07. The van der Waals surface area contributed by atoms with E-state index in [1.807, 2.05) is 36.4 Å². The number of rotatable bonds is 4. The molecule has 2 aromatic carbocycles. The van der Waals surface area contributed by atoms with Crippen molar-refractivity contribution in [3.63, 3.8) is 0 Å². The van der Waals surface area contributed by atoms with E-state index in [1.165, 1.54) is 12.1 Å². The first-order valence-corrected chi connectivity index (χ1v) is 7.09. The zero-order valence-electron chi connectivity index (χ0n) is 12.2. The van der Waals surface area contributed by atoms with Crippen molar-refractivity contribution < 1.29 is 10.0 Å². The van der Waals surface area contributed by atoms with E-state index in [4.69, 9.17) is 0 Å². The summed E-state index contributed by atoms with van der Waals surface area (Å²) in [7, 11) is 0. The van der Waals surface area contributed by atoms with Gasteiger partial charge in [0, 0.05) is 23.9 Å². The summed E-state index contributed by atoms with van der Waals surface area (Å²) in [6, 6.07) is 19.2. The van der Waals surface area contributed by atoms with Crippen LogP contribution in [0.5, 0.6) is 0 Å². The fourth-order valence-electron chi connectivity index (χ4n) is 2.32. The van der Waals surface area contributed by atoms with Crippen molar-refractivity contribution in [1.29, 1.82) is 0 Å². The molecule has 0 aliphatic carbocycles. The van der Waals surface area contributed by atoms with Crippen LogP contribution in [0.25, 0.3) is 11.1 Å². The van der Waals surface area contributed by atoms with Crippen LogP contribution in [0.4, 0.5) is 5.69 Å². The standard InChI is InChI=1S/C18H14N2O3/c21-18(14-4-2-1-3-5-14)17-11-8-15(12-19-17)13-6-9-16(10-7-13)20(22)23/h1-12,18,21H. The van der Waals surface area contributed by atoms with Gasteiger partial charge in [0.05, 0.1) is 10.6 Å². The molecule has 1 unspecified atom stereocenters. The second kappa shape index (κ2) is 6.37. The average molecular weight is 306 g/mol. The predicted octanol–water partition coefficient (Wildman–Crippen LogP) is 3.74. The number of aliphatic hydroxyl groups is 1. The Labute approximate surface area is 133 Å². The molecule has 0 aliphatic rings. The molecule has 0 spiro atoms. The molecule has 0 bridgehead atoms. The summed E-state index contributed by atoms with van der Waals surface area (Å²) in [6.45, 7) is 0. The highest BCUT2D eigenvalue weighted by molar-refractivity contribution is 5.64. The van der Waals surface area contributed by atoms with Crippen LogP contribution in [-0.2, 0) is 0 Å². The molecule has 3 aromatic rings. The maximum atomic E-state index is 10.7. The Morgan fingerprint density at radius 2 is 1.57 bits per heavy atom. The summed E-state index contributed by atoms with van der Waals surface area (Å²) < 4.78 is 0. The molecule has 0 saturated heterocycles. The molecule has 114 valence electrons. The first-order chi connectivity index (χ1) is 11.1. The second-order valence-corrected chi connectivity index (χ2v) is 5.09. The number of hydrogen-bond acceptors (Lipinski definition) is 4. The Hall–Kier alpha value is -3.05. The van der Waals surface area contributed by atoms with Crippen molar-refractivity contribution in [3.05, 3.63) is 94.3 Å². The van der Waals surface area contributed by atoms with Gasteiger partial charge in [-0.25, -0.2) is 0 Å². The third kappa shape index (κ3) is 3.25. The number of aromatic nitrogens is 1. The Morgan fingerprint density at radius 1 is 0.913 bits per heavy atom. The van der Waals surface area contributed by atoms with E-state index < -0.39 is 11.0 Å². The van der Waals surface area contributed by atoms with Crippen LogP contribution in [0.3, 0.4) is 0 Å². The molecule has 0 saturated carbocycles. The highest BCUT2D eigenvalue weighted by Crippen LogP contribution is 2.25. The molecular formula is C18H14N2O3. The summed E-state index contributed by atoms with van der Waals surface area (Å²) in [6.07, 6.45) is 0.880. The van der Waals surface area contributed by atoms with E-state index in [-0.39, 0.29) is 5.69 Å². The minimum Gasteiger partial charge on any atom is -0.382 e. The largest absolute Gasteiger partial charge is 0.382 e. The highest BCUT2D eigenvalue weighted by Gasteiger charge is 2.12. The van der Waals surface area contributed by atoms with Gasteiger partial charge in [0.1, 0.15) is 6.10 Å². The van der Waals surface area contributed by atoms with E-state index in [9.17, 15) is 15.2 Å². The van der Waals surface area contributed by atoms with Crippen LogP contribution in [0.15, 0.2) is 72.9 Å². The minimum absolute atomic E-state index is 0.0535. The van der Waals surface area contributed by atoms with Gasteiger partial charge in [-0.2, -0.15) is 0 Å². The average Bonchev–Trinajstić information content (AvgIpc) is 2.62. The smallest absolute Gasteiger partial charge is 0.269 e. The minimum atomic E-state index is -0.776. The SMILES string of the molecule is O=[N+]([O-])c1ccc(-c2ccc(C(O)c3ccccc3)nc2)cc1. The van der Waals surface area contributed by atoms with Crippen molar-refractivity contribution >= 4 is 5.69 Å². The molecule has 1 N–H and O–H groups in total. The van der Waals surface area contributed by atoms with Crippen LogP contribution in [0.2, 0.25) is 0 Å². The molecule has 3 rings (SSSR count). The summed E-state index contributed by atoms with van der Waals surface area (Å²) in [5, 5.41) is 21.0. The summed E-state index contributed by atoms with van der Waals surface area (Å²) >= 11 is 0. The number of aliphatic hydroxyl groups excluding tert-OH is 1. The fourth-order valence-corrected chi connectivity index (χ4v) is 2.32. The number of pyridine rings is 1.